The summed E-state index contributed by atoms with van der Waals surface area (Å²) in [4.78, 5) is 12.3. The number of carbonyl (C=O) groups is 1. The van der Waals surface area contributed by atoms with Gasteiger partial charge in [-0.15, -0.1) is 10.2 Å². The number of thioether (sulfide) groups is 1. The predicted octanol–water partition coefficient (Wildman–Crippen LogP) is 4.14. The first-order valence-corrected chi connectivity index (χ1v) is 10.5. The van der Waals surface area contributed by atoms with Gasteiger partial charge in [0.2, 0.25) is 5.91 Å². The van der Waals surface area contributed by atoms with Crippen molar-refractivity contribution < 1.29 is 9.53 Å². The van der Waals surface area contributed by atoms with Crippen molar-refractivity contribution in [2.24, 2.45) is 0 Å². The van der Waals surface area contributed by atoms with Crippen molar-refractivity contribution in [3.63, 3.8) is 0 Å². The van der Waals surface area contributed by atoms with Crippen LogP contribution in [0.4, 0.5) is 0 Å². The maximum Gasteiger partial charge on any atom is 0.230 e. The highest BCUT2D eigenvalue weighted by atomic mass is 35.5. The van der Waals surface area contributed by atoms with Crippen LogP contribution in [-0.2, 0) is 9.53 Å². The largest absolute Gasteiger partial charge is 0.383 e. The number of amides is 1. The summed E-state index contributed by atoms with van der Waals surface area (Å²) in [5.41, 5.74) is 2.95. The molecule has 8 heteroatoms. The highest BCUT2D eigenvalue weighted by Crippen LogP contribution is 2.30. The number of aryl methyl sites for hydroxylation is 1. The van der Waals surface area contributed by atoms with E-state index < -0.39 is 0 Å². The molecule has 6 nitrogen and oxygen atoms in total. The van der Waals surface area contributed by atoms with E-state index in [0.29, 0.717) is 22.6 Å². The molecule has 2 aromatic carbocycles. The van der Waals surface area contributed by atoms with Crippen LogP contribution in [0.1, 0.15) is 12.5 Å². The fraction of sp³-hybridized carbons (Fsp3) is 0.286. The van der Waals surface area contributed by atoms with Crippen molar-refractivity contribution >= 4 is 29.3 Å². The molecule has 3 aromatic rings. The van der Waals surface area contributed by atoms with E-state index in [0.717, 1.165) is 16.8 Å². The Balaban J connectivity index is 1.90. The van der Waals surface area contributed by atoms with Gasteiger partial charge < -0.3 is 10.1 Å². The molecular weight excluding hydrogens is 408 g/mol. The number of halogens is 1. The first-order chi connectivity index (χ1) is 14.0. The molecule has 1 N–H and O–H groups in total. The average Bonchev–Trinajstić information content (AvgIpc) is 3.11. The first kappa shape index (κ1) is 21.4. The van der Waals surface area contributed by atoms with Crippen molar-refractivity contribution in [1.82, 2.24) is 20.1 Å². The van der Waals surface area contributed by atoms with Gasteiger partial charge in [-0.3, -0.25) is 9.36 Å². The number of nitrogens with zero attached hydrogens (tertiary/aromatic N) is 3. The maximum absolute atomic E-state index is 12.3. The summed E-state index contributed by atoms with van der Waals surface area (Å²) in [6.45, 7) is 4.41. The molecule has 0 aliphatic carbocycles. The van der Waals surface area contributed by atoms with E-state index in [9.17, 15) is 4.79 Å². The molecule has 0 saturated carbocycles. The summed E-state index contributed by atoms with van der Waals surface area (Å²) in [6, 6.07) is 15.4. The number of nitrogens with one attached hydrogen (secondary N) is 1. The zero-order valence-corrected chi connectivity index (χ0v) is 18.1. The number of hydrogen-bond acceptors (Lipinski definition) is 5. The summed E-state index contributed by atoms with van der Waals surface area (Å²) in [5, 5.41) is 13.0. The third-order valence-corrected chi connectivity index (χ3v) is 5.43. The smallest absolute Gasteiger partial charge is 0.230 e. The van der Waals surface area contributed by atoms with E-state index in [1.54, 1.807) is 7.11 Å². The molecule has 1 heterocycles. The molecule has 0 saturated heterocycles. The molecule has 0 bridgehead atoms. The first-order valence-electron chi connectivity index (χ1n) is 9.18. The lowest BCUT2D eigenvalue weighted by molar-refractivity contribution is -0.119. The van der Waals surface area contributed by atoms with Crippen LogP contribution >= 0.6 is 23.4 Å². The lowest BCUT2D eigenvalue weighted by Crippen LogP contribution is -2.36. The number of benzene rings is 2. The Kier molecular flexibility index (Phi) is 7.30. The lowest BCUT2D eigenvalue weighted by Gasteiger charge is -2.14. The number of aromatic nitrogens is 3. The normalized spacial score (nSPS) is 12.0. The van der Waals surface area contributed by atoms with Gasteiger partial charge in [-0.05, 0) is 49.7 Å². The minimum Gasteiger partial charge on any atom is -0.383 e. The van der Waals surface area contributed by atoms with E-state index in [1.807, 2.05) is 66.9 Å². The Morgan fingerprint density at radius 2 is 1.93 bits per heavy atom. The maximum atomic E-state index is 12.3. The van der Waals surface area contributed by atoms with Gasteiger partial charge >= 0.3 is 0 Å². The van der Waals surface area contributed by atoms with Crippen molar-refractivity contribution in [2.75, 3.05) is 19.5 Å². The molecule has 0 radical (unpaired) electrons. The second-order valence-corrected chi connectivity index (χ2v) is 8.03. The molecule has 0 spiro atoms. The average molecular weight is 431 g/mol. The fourth-order valence-corrected chi connectivity index (χ4v) is 3.80. The summed E-state index contributed by atoms with van der Waals surface area (Å²) in [7, 11) is 1.61. The van der Waals surface area contributed by atoms with E-state index in [4.69, 9.17) is 16.3 Å². The van der Waals surface area contributed by atoms with Crippen LogP contribution in [0.25, 0.3) is 17.1 Å². The highest BCUT2D eigenvalue weighted by molar-refractivity contribution is 7.99. The number of rotatable bonds is 8. The van der Waals surface area contributed by atoms with Crippen molar-refractivity contribution in [3.05, 3.63) is 59.1 Å². The molecule has 1 amide bonds. The van der Waals surface area contributed by atoms with Crippen LogP contribution in [0.5, 0.6) is 0 Å². The van der Waals surface area contributed by atoms with Gasteiger partial charge in [0.25, 0.3) is 0 Å². The zero-order valence-electron chi connectivity index (χ0n) is 16.6. The van der Waals surface area contributed by atoms with Crippen LogP contribution in [0.2, 0.25) is 5.02 Å². The van der Waals surface area contributed by atoms with Crippen molar-refractivity contribution in [3.8, 4) is 17.1 Å². The zero-order chi connectivity index (χ0) is 20.8. The van der Waals surface area contributed by atoms with E-state index in [1.165, 1.54) is 11.8 Å². The second-order valence-electron chi connectivity index (χ2n) is 6.65. The topological polar surface area (TPSA) is 69.0 Å². The Hall–Kier alpha value is -2.35. The molecule has 1 atom stereocenters. The Labute approximate surface area is 179 Å². The third kappa shape index (κ3) is 5.38. The Morgan fingerprint density at radius 1 is 1.21 bits per heavy atom. The van der Waals surface area contributed by atoms with Crippen LogP contribution in [0, 0.1) is 6.92 Å². The Bertz CT molecular complexity index is 975. The van der Waals surface area contributed by atoms with Gasteiger partial charge in [-0.2, -0.15) is 0 Å². The van der Waals surface area contributed by atoms with Crippen LogP contribution in [-0.4, -0.2) is 46.2 Å². The molecule has 0 aliphatic heterocycles. The van der Waals surface area contributed by atoms with Gasteiger partial charge in [0.05, 0.1) is 18.0 Å². The molecule has 152 valence electrons. The SMILES string of the molecule is COCC(C)NC(=O)CSc1nnc(-c2ccc(Cl)cc2)n1-c1ccccc1C. The highest BCUT2D eigenvalue weighted by Gasteiger charge is 2.19. The number of carbonyl (C=O) groups excluding carboxylic acids is 1. The van der Waals surface area contributed by atoms with Gasteiger partial charge in [-0.1, -0.05) is 41.6 Å². The van der Waals surface area contributed by atoms with Gasteiger partial charge in [-0.25, -0.2) is 0 Å². The van der Waals surface area contributed by atoms with E-state index in [2.05, 4.69) is 15.5 Å². The fourth-order valence-electron chi connectivity index (χ4n) is 2.92. The van der Waals surface area contributed by atoms with E-state index >= 15 is 0 Å². The molecule has 0 fully saturated rings. The Morgan fingerprint density at radius 3 is 2.62 bits per heavy atom. The molecule has 1 unspecified atom stereocenters. The van der Waals surface area contributed by atoms with Gasteiger partial charge in [0, 0.05) is 23.7 Å². The van der Waals surface area contributed by atoms with Crippen molar-refractivity contribution in [1.29, 1.82) is 0 Å². The van der Waals surface area contributed by atoms with E-state index in [-0.39, 0.29) is 17.7 Å². The van der Waals surface area contributed by atoms with Crippen molar-refractivity contribution in [2.45, 2.75) is 25.0 Å². The molecular formula is C21H23ClN4O2S. The molecule has 1 aromatic heterocycles. The number of hydrogen-bond donors (Lipinski definition) is 1. The lowest BCUT2D eigenvalue weighted by atomic mass is 10.1. The standard InChI is InChI=1S/C21H23ClN4O2S/c1-14-6-4-5-7-18(14)26-20(16-8-10-17(22)11-9-16)24-25-21(26)29-13-19(27)23-15(2)12-28-3/h4-11,15H,12-13H2,1-3H3,(H,23,27). The summed E-state index contributed by atoms with van der Waals surface area (Å²) in [6.07, 6.45) is 0. The predicted molar refractivity (Wildman–Crippen MR) is 117 cm³/mol. The summed E-state index contributed by atoms with van der Waals surface area (Å²) >= 11 is 7.38. The minimum atomic E-state index is -0.0769. The monoisotopic (exact) mass is 430 g/mol. The number of para-hydroxylation sites is 1. The summed E-state index contributed by atoms with van der Waals surface area (Å²) < 4.78 is 7.04. The molecule has 3 rings (SSSR count). The minimum absolute atomic E-state index is 0.0491. The quantitative estimate of drug-likeness (QED) is 0.544. The second kappa shape index (κ2) is 9.91. The molecule has 0 aliphatic rings. The molecule has 29 heavy (non-hydrogen) atoms. The number of methoxy groups -OCH3 is 1. The number of ether oxygens (including phenoxy) is 1. The van der Waals surface area contributed by atoms with Gasteiger partial charge in [0.1, 0.15) is 0 Å². The summed E-state index contributed by atoms with van der Waals surface area (Å²) in [5.74, 6) is 0.858. The van der Waals surface area contributed by atoms with Crippen LogP contribution in [0.15, 0.2) is 53.7 Å². The van der Waals surface area contributed by atoms with Crippen LogP contribution in [0.3, 0.4) is 0 Å². The van der Waals surface area contributed by atoms with Gasteiger partial charge in [0.15, 0.2) is 11.0 Å². The third-order valence-electron chi connectivity index (χ3n) is 4.25. The van der Waals surface area contributed by atoms with Crippen LogP contribution < -0.4 is 5.32 Å².